The van der Waals surface area contributed by atoms with Crippen LogP contribution in [0, 0.1) is 3.57 Å². The Labute approximate surface area is 125 Å². The highest BCUT2D eigenvalue weighted by atomic mass is 127. The minimum absolute atomic E-state index is 0.128. The van der Waals surface area contributed by atoms with Gasteiger partial charge in [0.05, 0.1) is 6.54 Å². The average Bonchev–Trinajstić information content (AvgIpc) is 2.80. The monoisotopic (exact) mass is 374 g/mol. The molecule has 0 aliphatic carbocycles. The number of amides is 1. The summed E-state index contributed by atoms with van der Waals surface area (Å²) in [6.45, 7) is 0.792. The number of hydrogen-bond donors (Lipinski definition) is 2. The topological polar surface area (TPSA) is 69.6 Å². The normalized spacial score (nSPS) is 19.3. The van der Waals surface area contributed by atoms with Crippen LogP contribution >= 0.6 is 22.6 Å². The van der Waals surface area contributed by atoms with Crippen LogP contribution in [-0.2, 0) is 9.59 Å². The van der Waals surface area contributed by atoms with Crippen molar-refractivity contribution in [2.75, 3.05) is 18.4 Å². The molecule has 5 nitrogen and oxygen atoms in total. The Kier molecular flexibility index (Phi) is 4.76. The van der Waals surface area contributed by atoms with Crippen molar-refractivity contribution in [1.29, 1.82) is 0 Å². The number of anilines is 1. The van der Waals surface area contributed by atoms with Gasteiger partial charge in [-0.25, -0.2) is 0 Å². The van der Waals surface area contributed by atoms with Crippen molar-refractivity contribution < 1.29 is 14.7 Å². The van der Waals surface area contributed by atoms with E-state index in [0.717, 1.165) is 15.7 Å². The summed E-state index contributed by atoms with van der Waals surface area (Å²) in [6, 6.07) is 6.96. The summed E-state index contributed by atoms with van der Waals surface area (Å²) in [5, 5.41) is 11.8. The van der Waals surface area contributed by atoms with Crippen molar-refractivity contribution >= 4 is 40.2 Å². The number of rotatable bonds is 4. The third-order valence-electron chi connectivity index (χ3n) is 3.12. The SMILES string of the molecule is O=C(CN1CCC[C@@H]1C(=O)O)Nc1ccc(I)cc1. The standard InChI is InChI=1S/C13H15IN2O3/c14-9-3-5-10(6-4-9)15-12(17)8-16-7-1-2-11(16)13(18)19/h3-6,11H,1-2,7-8H2,(H,15,17)(H,18,19)/t11-/m1/s1. The fourth-order valence-corrected chi connectivity index (χ4v) is 2.57. The van der Waals surface area contributed by atoms with Gasteiger partial charge >= 0.3 is 5.97 Å². The van der Waals surface area contributed by atoms with Crippen LogP contribution in [-0.4, -0.2) is 41.0 Å². The van der Waals surface area contributed by atoms with Crippen LogP contribution in [0.3, 0.4) is 0 Å². The zero-order valence-electron chi connectivity index (χ0n) is 10.3. The number of nitrogens with zero attached hydrogens (tertiary/aromatic N) is 1. The first kappa shape index (κ1) is 14.3. The van der Waals surface area contributed by atoms with E-state index in [9.17, 15) is 9.59 Å². The molecule has 0 radical (unpaired) electrons. The van der Waals surface area contributed by atoms with Gasteiger partial charge in [-0.3, -0.25) is 14.5 Å². The second-order valence-electron chi connectivity index (χ2n) is 4.52. The molecule has 1 fully saturated rings. The number of halogens is 1. The van der Waals surface area contributed by atoms with Gasteiger partial charge in [-0.1, -0.05) is 0 Å². The van der Waals surface area contributed by atoms with Crippen molar-refractivity contribution in [3.8, 4) is 0 Å². The van der Waals surface area contributed by atoms with Crippen LogP contribution in [0.4, 0.5) is 5.69 Å². The number of carbonyl (C=O) groups is 2. The Morgan fingerprint density at radius 1 is 1.37 bits per heavy atom. The van der Waals surface area contributed by atoms with Gasteiger partial charge < -0.3 is 10.4 Å². The van der Waals surface area contributed by atoms with Gasteiger partial charge in [0.25, 0.3) is 0 Å². The molecule has 1 heterocycles. The first-order valence-electron chi connectivity index (χ1n) is 6.08. The van der Waals surface area contributed by atoms with Crippen molar-refractivity contribution in [3.63, 3.8) is 0 Å². The number of carboxylic acid groups (broad SMARTS) is 1. The molecule has 0 saturated carbocycles. The van der Waals surface area contributed by atoms with Gasteiger partial charge in [-0.15, -0.1) is 0 Å². The maximum atomic E-state index is 11.9. The van der Waals surface area contributed by atoms with E-state index in [0.29, 0.717) is 13.0 Å². The van der Waals surface area contributed by atoms with E-state index in [1.54, 1.807) is 4.90 Å². The van der Waals surface area contributed by atoms with Crippen LogP contribution in [0.2, 0.25) is 0 Å². The lowest BCUT2D eigenvalue weighted by Crippen LogP contribution is -2.40. The first-order valence-corrected chi connectivity index (χ1v) is 7.16. The van der Waals surface area contributed by atoms with E-state index >= 15 is 0 Å². The van der Waals surface area contributed by atoms with Crippen molar-refractivity contribution in [3.05, 3.63) is 27.8 Å². The molecule has 0 aromatic heterocycles. The summed E-state index contributed by atoms with van der Waals surface area (Å²) in [5.74, 6) is -1.02. The van der Waals surface area contributed by atoms with Crippen LogP contribution < -0.4 is 5.32 Å². The van der Waals surface area contributed by atoms with Crippen LogP contribution in [0.5, 0.6) is 0 Å². The van der Waals surface area contributed by atoms with Gasteiger partial charge in [0.2, 0.25) is 5.91 Å². The van der Waals surface area contributed by atoms with E-state index in [1.165, 1.54) is 0 Å². The zero-order chi connectivity index (χ0) is 13.8. The summed E-state index contributed by atoms with van der Waals surface area (Å²) in [4.78, 5) is 24.6. The lowest BCUT2D eigenvalue weighted by atomic mass is 10.2. The number of hydrogen-bond acceptors (Lipinski definition) is 3. The van der Waals surface area contributed by atoms with E-state index in [2.05, 4.69) is 27.9 Å². The number of nitrogens with one attached hydrogen (secondary N) is 1. The van der Waals surface area contributed by atoms with Crippen molar-refractivity contribution in [2.45, 2.75) is 18.9 Å². The van der Waals surface area contributed by atoms with Gasteiger partial charge in [-0.2, -0.15) is 0 Å². The second kappa shape index (κ2) is 6.33. The molecule has 1 aliphatic heterocycles. The highest BCUT2D eigenvalue weighted by molar-refractivity contribution is 14.1. The summed E-state index contributed by atoms with van der Waals surface area (Å²) in [5.41, 5.74) is 0.733. The second-order valence-corrected chi connectivity index (χ2v) is 5.77. The predicted molar refractivity (Wildman–Crippen MR) is 80.0 cm³/mol. The van der Waals surface area contributed by atoms with E-state index < -0.39 is 12.0 Å². The molecule has 2 N–H and O–H groups in total. The zero-order valence-corrected chi connectivity index (χ0v) is 12.5. The molecule has 102 valence electrons. The molecule has 0 bridgehead atoms. The summed E-state index contributed by atoms with van der Waals surface area (Å²) < 4.78 is 1.10. The molecule has 2 rings (SSSR count). The Morgan fingerprint density at radius 3 is 2.68 bits per heavy atom. The molecule has 1 amide bonds. The van der Waals surface area contributed by atoms with Gasteiger partial charge in [0, 0.05) is 9.26 Å². The molecule has 1 atom stereocenters. The quantitative estimate of drug-likeness (QED) is 0.789. The minimum atomic E-state index is -0.848. The first-order chi connectivity index (χ1) is 9.06. The number of aliphatic carboxylic acids is 1. The van der Waals surface area contributed by atoms with Crippen molar-refractivity contribution in [1.82, 2.24) is 4.90 Å². The van der Waals surface area contributed by atoms with E-state index in [1.807, 2.05) is 24.3 Å². The van der Waals surface area contributed by atoms with Gasteiger partial charge in [0.15, 0.2) is 0 Å². The molecule has 1 aliphatic rings. The lowest BCUT2D eigenvalue weighted by molar-refractivity contribution is -0.142. The van der Waals surface area contributed by atoms with Gasteiger partial charge in [-0.05, 0) is 66.2 Å². The summed E-state index contributed by atoms with van der Waals surface area (Å²) in [6.07, 6.45) is 1.44. The number of carboxylic acids is 1. The maximum Gasteiger partial charge on any atom is 0.320 e. The molecular formula is C13H15IN2O3. The Morgan fingerprint density at radius 2 is 2.05 bits per heavy atom. The van der Waals surface area contributed by atoms with Crippen LogP contribution in [0.15, 0.2) is 24.3 Å². The lowest BCUT2D eigenvalue weighted by Gasteiger charge is -2.20. The molecular weight excluding hydrogens is 359 g/mol. The third-order valence-corrected chi connectivity index (χ3v) is 3.84. The summed E-state index contributed by atoms with van der Waals surface area (Å²) in [7, 11) is 0. The predicted octanol–water partition coefficient (Wildman–Crippen LogP) is 1.78. The average molecular weight is 374 g/mol. The molecule has 1 saturated heterocycles. The van der Waals surface area contributed by atoms with Crippen LogP contribution in [0.1, 0.15) is 12.8 Å². The fraction of sp³-hybridized carbons (Fsp3) is 0.385. The molecule has 0 spiro atoms. The molecule has 1 aromatic rings. The van der Waals surface area contributed by atoms with Crippen LogP contribution in [0.25, 0.3) is 0 Å². The Balaban J connectivity index is 1.90. The number of likely N-dealkylation sites (tertiary alicyclic amines) is 1. The fourth-order valence-electron chi connectivity index (χ4n) is 2.21. The molecule has 6 heteroatoms. The van der Waals surface area contributed by atoms with E-state index in [-0.39, 0.29) is 12.5 Å². The number of carbonyl (C=O) groups excluding carboxylic acids is 1. The Bertz CT molecular complexity index is 475. The van der Waals surface area contributed by atoms with Gasteiger partial charge in [0.1, 0.15) is 6.04 Å². The largest absolute Gasteiger partial charge is 0.480 e. The highest BCUT2D eigenvalue weighted by Crippen LogP contribution is 2.17. The summed E-state index contributed by atoms with van der Waals surface area (Å²) >= 11 is 2.19. The smallest absolute Gasteiger partial charge is 0.320 e. The highest BCUT2D eigenvalue weighted by Gasteiger charge is 2.31. The maximum absolute atomic E-state index is 11.9. The molecule has 1 aromatic carbocycles. The minimum Gasteiger partial charge on any atom is -0.480 e. The third kappa shape index (κ3) is 3.90. The number of benzene rings is 1. The molecule has 0 unspecified atom stereocenters. The van der Waals surface area contributed by atoms with E-state index in [4.69, 9.17) is 5.11 Å². The Hall–Kier alpha value is -1.15. The molecule has 19 heavy (non-hydrogen) atoms. The van der Waals surface area contributed by atoms with Crippen molar-refractivity contribution in [2.24, 2.45) is 0 Å².